The number of hydrogen-bond donors (Lipinski definition) is 4. The Morgan fingerprint density at radius 1 is 1.15 bits per heavy atom. The van der Waals surface area contributed by atoms with Crippen LogP contribution in [0.3, 0.4) is 0 Å². The van der Waals surface area contributed by atoms with Gasteiger partial charge < -0.3 is 24.9 Å². The van der Waals surface area contributed by atoms with E-state index < -0.39 is 27.1 Å². The molecule has 1 aliphatic rings. The first-order chi connectivity index (χ1) is 12.2. The molecule has 0 atom stereocenters. The van der Waals surface area contributed by atoms with Gasteiger partial charge >= 0.3 is 7.12 Å². The van der Waals surface area contributed by atoms with Gasteiger partial charge in [-0.15, -0.1) is 0 Å². The average Bonchev–Trinajstić information content (AvgIpc) is 2.78. The van der Waals surface area contributed by atoms with Crippen LogP contribution in [-0.4, -0.2) is 37.2 Å². The van der Waals surface area contributed by atoms with Gasteiger partial charge in [-0.1, -0.05) is 6.07 Å². The van der Waals surface area contributed by atoms with Crippen molar-refractivity contribution in [1.82, 2.24) is 5.32 Å². The summed E-state index contributed by atoms with van der Waals surface area (Å²) in [5.41, 5.74) is 0.892. The zero-order valence-corrected chi connectivity index (χ0v) is 15.5. The Balaban J connectivity index is 1.70. The van der Waals surface area contributed by atoms with Crippen LogP contribution in [0.2, 0.25) is 13.1 Å². The van der Waals surface area contributed by atoms with Crippen LogP contribution in [0.15, 0.2) is 24.3 Å². The number of nitrogens with one attached hydrogen (secondary N) is 1. The van der Waals surface area contributed by atoms with Crippen molar-refractivity contribution >= 4 is 26.1 Å². The summed E-state index contributed by atoms with van der Waals surface area (Å²) in [5.74, 6) is -1.77. The third-order valence-corrected chi connectivity index (χ3v) is 7.07. The predicted octanol–water partition coefficient (Wildman–Crippen LogP) is 0.838. The van der Waals surface area contributed by atoms with Crippen molar-refractivity contribution in [3.05, 3.63) is 47.0 Å². The fraction of sp³-hybridized carbons (Fsp3) is 0.294. The van der Waals surface area contributed by atoms with E-state index >= 15 is 0 Å². The summed E-state index contributed by atoms with van der Waals surface area (Å²) < 4.78 is 34.6. The number of fused-ring (bicyclic) bond motifs is 1. The van der Waals surface area contributed by atoms with Crippen LogP contribution in [0, 0.1) is 11.6 Å². The van der Waals surface area contributed by atoms with E-state index in [4.69, 9.17) is 4.34 Å². The lowest BCUT2D eigenvalue weighted by atomic mass is 9.79. The van der Waals surface area contributed by atoms with Crippen molar-refractivity contribution in [2.45, 2.75) is 26.1 Å². The van der Waals surface area contributed by atoms with Gasteiger partial charge in [0.15, 0.2) is 11.5 Å². The molecule has 2 aromatic rings. The van der Waals surface area contributed by atoms with Crippen molar-refractivity contribution in [1.29, 1.82) is 0 Å². The van der Waals surface area contributed by atoms with Gasteiger partial charge in [0.2, 0.25) is 8.32 Å². The van der Waals surface area contributed by atoms with Crippen molar-refractivity contribution in [3.8, 4) is 11.5 Å². The zero-order chi connectivity index (χ0) is 19.1. The Morgan fingerprint density at radius 2 is 1.88 bits per heavy atom. The Labute approximate surface area is 151 Å². The summed E-state index contributed by atoms with van der Waals surface area (Å²) in [4.78, 5) is 0. The number of phenolic OH excluding ortho intramolecular Hbond substituents is 2. The molecule has 0 radical (unpaired) electrons. The van der Waals surface area contributed by atoms with E-state index in [0.717, 1.165) is 11.6 Å². The highest BCUT2D eigenvalue weighted by molar-refractivity contribution is 6.97. The third-order valence-electron chi connectivity index (χ3n) is 4.55. The topological polar surface area (TPSA) is 82.0 Å². The highest BCUT2D eigenvalue weighted by Gasteiger charge is 2.46. The SMILES string of the molecule is C[Si]1(C)OB(O)c2cc(F)c(CNCCc3ccc(O)c(O)c3)c(F)c21. The van der Waals surface area contributed by atoms with E-state index in [2.05, 4.69) is 5.32 Å². The molecule has 3 rings (SSSR count). The van der Waals surface area contributed by atoms with Crippen molar-refractivity contribution < 1.29 is 28.4 Å². The summed E-state index contributed by atoms with van der Waals surface area (Å²) in [6.45, 7) is 3.95. The molecule has 0 fully saturated rings. The van der Waals surface area contributed by atoms with Crippen LogP contribution in [0.25, 0.3) is 0 Å². The molecule has 26 heavy (non-hydrogen) atoms. The van der Waals surface area contributed by atoms with E-state index in [9.17, 15) is 24.0 Å². The van der Waals surface area contributed by atoms with E-state index in [-0.39, 0.29) is 29.1 Å². The Kier molecular flexibility index (Phi) is 5.07. The summed E-state index contributed by atoms with van der Waals surface area (Å²) >= 11 is 0. The van der Waals surface area contributed by atoms with Gasteiger partial charge in [-0.2, -0.15) is 0 Å². The molecule has 1 aliphatic heterocycles. The monoisotopic (exact) mass is 379 g/mol. The summed E-state index contributed by atoms with van der Waals surface area (Å²) in [7, 11) is -3.88. The molecule has 4 N–H and O–H groups in total. The van der Waals surface area contributed by atoms with Crippen molar-refractivity contribution in [2.24, 2.45) is 0 Å². The maximum Gasteiger partial charge on any atom is 0.480 e. The minimum Gasteiger partial charge on any atom is -0.504 e. The molecule has 0 amide bonds. The van der Waals surface area contributed by atoms with E-state index in [1.54, 1.807) is 19.2 Å². The molecule has 0 saturated heterocycles. The number of phenols is 2. The van der Waals surface area contributed by atoms with Gasteiger partial charge in [0.25, 0.3) is 0 Å². The molecular weight excluding hydrogens is 359 g/mol. The summed E-state index contributed by atoms with van der Waals surface area (Å²) in [5, 5.41) is 31.9. The van der Waals surface area contributed by atoms with E-state index in [1.165, 1.54) is 12.1 Å². The standard InChI is InChI=1S/C17H20BF2NO4Si/c1-26(2)17-12(18(24)25-26)8-13(19)11(16(17)20)9-21-6-5-10-3-4-14(22)15(23)7-10/h3-4,7-8,21-24H,5-6,9H2,1-2H3. The lowest BCUT2D eigenvalue weighted by Crippen LogP contribution is -2.47. The number of rotatable bonds is 5. The van der Waals surface area contributed by atoms with E-state index in [1.807, 2.05) is 0 Å². The molecule has 0 spiro atoms. The molecule has 0 unspecified atom stereocenters. The first-order valence-electron chi connectivity index (χ1n) is 8.29. The normalized spacial score (nSPS) is 15.3. The van der Waals surface area contributed by atoms with E-state index in [0.29, 0.717) is 18.2 Å². The van der Waals surface area contributed by atoms with Gasteiger partial charge in [-0.25, -0.2) is 8.78 Å². The average molecular weight is 379 g/mol. The van der Waals surface area contributed by atoms with Gasteiger partial charge in [-0.3, -0.25) is 0 Å². The first-order valence-corrected chi connectivity index (χ1v) is 11.2. The predicted molar refractivity (Wildman–Crippen MR) is 97.3 cm³/mol. The van der Waals surface area contributed by atoms with Crippen LogP contribution in [0.4, 0.5) is 8.78 Å². The second kappa shape index (κ2) is 6.99. The fourth-order valence-corrected chi connectivity index (χ4v) is 5.59. The molecule has 138 valence electrons. The lowest BCUT2D eigenvalue weighted by molar-refractivity contribution is 0.403. The van der Waals surface area contributed by atoms with Crippen molar-refractivity contribution in [2.75, 3.05) is 6.54 Å². The second-order valence-corrected chi connectivity index (χ2v) is 10.6. The molecule has 1 heterocycles. The summed E-state index contributed by atoms with van der Waals surface area (Å²) in [6, 6.07) is 5.66. The second-order valence-electron chi connectivity index (χ2n) is 6.85. The minimum absolute atomic E-state index is 0.00438. The Bertz CT molecular complexity index is 850. The Morgan fingerprint density at radius 3 is 2.58 bits per heavy atom. The number of halogens is 2. The van der Waals surface area contributed by atoms with Gasteiger partial charge in [0.05, 0.1) is 0 Å². The number of benzene rings is 2. The fourth-order valence-electron chi connectivity index (χ4n) is 3.22. The molecule has 0 saturated carbocycles. The third kappa shape index (κ3) is 3.48. The maximum atomic E-state index is 14.9. The molecular formula is C17H20BF2NO4Si. The van der Waals surface area contributed by atoms with Crippen molar-refractivity contribution in [3.63, 3.8) is 0 Å². The number of hydrogen-bond acceptors (Lipinski definition) is 5. The van der Waals surface area contributed by atoms with Gasteiger partial charge in [-0.05, 0) is 55.3 Å². The maximum absolute atomic E-state index is 14.9. The minimum atomic E-state index is -2.61. The highest BCUT2D eigenvalue weighted by atomic mass is 28.4. The smallest absolute Gasteiger partial charge is 0.480 e. The Hall–Kier alpha value is -1.94. The molecule has 5 nitrogen and oxygen atoms in total. The molecule has 0 bridgehead atoms. The van der Waals surface area contributed by atoms with Crippen LogP contribution < -0.4 is 16.0 Å². The number of aromatic hydroxyl groups is 2. The zero-order valence-electron chi connectivity index (χ0n) is 14.5. The molecule has 0 aromatic heterocycles. The largest absolute Gasteiger partial charge is 0.504 e. The lowest BCUT2D eigenvalue weighted by Gasteiger charge is -2.19. The molecule has 2 aromatic carbocycles. The summed E-state index contributed by atoms with van der Waals surface area (Å²) in [6.07, 6.45) is 0.518. The van der Waals surface area contributed by atoms with Crippen LogP contribution in [0.5, 0.6) is 11.5 Å². The first kappa shape index (κ1) is 18.8. The van der Waals surface area contributed by atoms with Crippen LogP contribution in [0.1, 0.15) is 11.1 Å². The highest BCUT2D eigenvalue weighted by Crippen LogP contribution is 2.25. The molecule has 9 heteroatoms. The quantitative estimate of drug-likeness (QED) is 0.352. The van der Waals surface area contributed by atoms with Crippen LogP contribution in [-0.2, 0) is 17.3 Å². The van der Waals surface area contributed by atoms with Gasteiger partial charge in [0.1, 0.15) is 11.6 Å². The molecule has 0 aliphatic carbocycles. The van der Waals surface area contributed by atoms with Gasteiger partial charge in [0, 0.05) is 17.3 Å². The van der Waals surface area contributed by atoms with Crippen LogP contribution >= 0.6 is 0 Å².